The minimum absolute atomic E-state index is 0.320. The summed E-state index contributed by atoms with van der Waals surface area (Å²) in [5.41, 5.74) is 3.29. The summed E-state index contributed by atoms with van der Waals surface area (Å²) < 4.78 is 0. The van der Waals surface area contributed by atoms with Crippen LogP contribution in [-0.4, -0.2) is 11.1 Å². The lowest BCUT2D eigenvalue weighted by atomic mass is 9.72. The van der Waals surface area contributed by atoms with E-state index in [-0.39, 0.29) is 5.41 Å². The van der Waals surface area contributed by atoms with Gasteiger partial charge in [-0.25, -0.2) is 4.79 Å². The van der Waals surface area contributed by atoms with Crippen LogP contribution in [0, 0.1) is 5.41 Å². The number of aliphatic carboxylic acids is 1. The van der Waals surface area contributed by atoms with E-state index < -0.39 is 5.97 Å². The molecule has 2 heteroatoms. The number of carboxylic acids is 1. The monoisotopic (exact) mass is 316 g/mol. The van der Waals surface area contributed by atoms with Crippen molar-refractivity contribution in [2.24, 2.45) is 5.41 Å². The van der Waals surface area contributed by atoms with Crippen molar-refractivity contribution in [3.8, 4) is 0 Å². The molecule has 120 valence electrons. The van der Waals surface area contributed by atoms with Crippen molar-refractivity contribution in [3.05, 3.63) is 102 Å². The normalized spacial score (nSPS) is 20.1. The minimum atomic E-state index is -0.911. The van der Waals surface area contributed by atoms with E-state index >= 15 is 0 Å². The van der Waals surface area contributed by atoms with Gasteiger partial charge in [-0.2, -0.15) is 0 Å². The number of rotatable bonds is 5. The molecule has 1 aliphatic rings. The second-order valence-electron chi connectivity index (χ2n) is 6.16. The van der Waals surface area contributed by atoms with Crippen LogP contribution < -0.4 is 0 Å². The van der Waals surface area contributed by atoms with Crippen LogP contribution in [0.5, 0.6) is 0 Å². The standard InChI is InChI=1S/C22H20O2/c23-21(24)13-15-22(16-18-8-3-1-4-9-18)14-7-12-20(17-22)19-10-5-2-6-11-19/h1-15H,16-17H2,(H,23,24). The van der Waals surface area contributed by atoms with Crippen molar-refractivity contribution in [2.45, 2.75) is 12.8 Å². The lowest BCUT2D eigenvalue weighted by Crippen LogP contribution is -2.21. The molecule has 2 aromatic rings. The van der Waals surface area contributed by atoms with E-state index in [1.165, 1.54) is 22.8 Å². The molecule has 3 rings (SSSR count). The topological polar surface area (TPSA) is 37.3 Å². The Kier molecular flexibility index (Phi) is 4.76. The third-order valence-corrected chi connectivity index (χ3v) is 4.32. The predicted molar refractivity (Wildman–Crippen MR) is 97.5 cm³/mol. The first-order valence-electron chi connectivity index (χ1n) is 8.07. The van der Waals surface area contributed by atoms with E-state index in [9.17, 15) is 4.79 Å². The number of hydrogen-bond donors (Lipinski definition) is 1. The van der Waals surface area contributed by atoms with Gasteiger partial charge >= 0.3 is 5.97 Å². The van der Waals surface area contributed by atoms with E-state index in [2.05, 4.69) is 36.4 Å². The number of carboxylic acid groups (broad SMARTS) is 1. The zero-order chi connectivity index (χ0) is 16.8. The maximum atomic E-state index is 11.1. The zero-order valence-corrected chi connectivity index (χ0v) is 13.4. The van der Waals surface area contributed by atoms with Crippen molar-refractivity contribution in [1.82, 2.24) is 0 Å². The lowest BCUT2D eigenvalue weighted by molar-refractivity contribution is -0.131. The molecule has 0 amide bonds. The van der Waals surface area contributed by atoms with Crippen molar-refractivity contribution in [2.75, 3.05) is 0 Å². The summed E-state index contributed by atoms with van der Waals surface area (Å²) in [4.78, 5) is 11.1. The van der Waals surface area contributed by atoms with Crippen LogP contribution in [0.4, 0.5) is 0 Å². The molecule has 0 saturated carbocycles. The molecular formula is C22H20O2. The number of benzene rings is 2. The molecule has 0 spiro atoms. The lowest BCUT2D eigenvalue weighted by Gasteiger charge is -2.31. The van der Waals surface area contributed by atoms with Crippen LogP contribution in [0.3, 0.4) is 0 Å². The van der Waals surface area contributed by atoms with Gasteiger partial charge in [0.2, 0.25) is 0 Å². The number of hydrogen-bond acceptors (Lipinski definition) is 1. The Morgan fingerprint density at radius 3 is 2.38 bits per heavy atom. The Hall–Kier alpha value is -2.87. The van der Waals surface area contributed by atoms with Crippen LogP contribution in [0.25, 0.3) is 5.57 Å². The average Bonchev–Trinajstić information content (AvgIpc) is 2.62. The molecule has 0 saturated heterocycles. The highest BCUT2D eigenvalue weighted by Crippen LogP contribution is 2.40. The number of carbonyl (C=O) groups is 1. The van der Waals surface area contributed by atoms with Gasteiger partial charge in [0.25, 0.3) is 0 Å². The molecule has 0 aromatic heterocycles. The molecule has 1 unspecified atom stereocenters. The first kappa shape index (κ1) is 16.0. The highest BCUT2D eigenvalue weighted by molar-refractivity contribution is 5.80. The average molecular weight is 316 g/mol. The summed E-state index contributed by atoms with van der Waals surface area (Å²) >= 11 is 0. The maximum Gasteiger partial charge on any atom is 0.328 e. The summed E-state index contributed by atoms with van der Waals surface area (Å²) in [5, 5.41) is 9.08. The Labute approximate surface area is 142 Å². The van der Waals surface area contributed by atoms with Crippen LogP contribution in [0.1, 0.15) is 17.5 Å². The van der Waals surface area contributed by atoms with Gasteiger partial charge in [0.15, 0.2) is 0 Å². The summed E-state index contributed by atoms with van der Waals surface area (Å²) in [6, 6.07) is 20.5. The zero-order valence-electron chi connectivity index (χ0n) is 13.4. The number of allylic oxidation sites excluding steroid dienone is 5. The first-order valence-corrected chi connectivity index (χ1v) is 8.07. The van der Waals surface area contributed by atoms with Gasteiger partial charge in [0.1, 0.15) is 0 Å². The Morgan fingerprint density at radius 1 is 1.04 bits per heavy atom. The van der Waals surface area contributed by atoms with E-state index in [1.807, 2.05) is 48.6 Å². The Balaban J connectivity index is 1.93. The highest BCUT2D eigenvalue weighted by Gasteiger charge is 2.28. The predicted octanol–water partition coefficient (Wildman–Crippen LogP) is 4.90. The third kappa shape index (κ3) is 3.90. The van der Waals surface area contributed by atoms with E-state index in [4.69, 9.17) is 5.11 Å². The van der Waals surface area contributed by atoms with Gasteiger partial charge in [-0.1, -0.05) is 85.0 Å². The maximum absolute atomic E-state index is 11.1. The summed E-state index contributed by atoms with van der Waals surface area (Å²) in [5.74, 6) is -0.911. The SMILES string of the molecule is O=C(O)C=CC1(Cc2ccccc2)C=CC=C(c2ccccc2)C1. The van der Waals surface area contributed by atoms with Crippen LogP contribution in [0.2, 0.25) is 0 Å². The largest absolute Gasteiger partial charge is 0.478 e. The van der Waals surface area contributed by atoms with Crippen LogP contribution in [0.15, 0.2) is 91.0 Å². The molecule has 1 aliphatic carbocycles. The molecule has 0 fully saturated rings. The van der Waals surface area contributed by atoms with Crippen LogP contribution in [-0.2, 0) is 11.2 Å². The van der Waals surface area contributed by atoms with Gasteiger partial charge in [-0.15, -0.1) is 0 Å². The van der Waals surface area contributed by atoms with E-state index in [0.29, 0.717) is 0 Å². The second kappa shape index (κ2) is 7.14. The Bertz CT molecular complexity index is 785. The summed E-state index contributed by atoms with van der Waals surface area (Å²) in [6.07, 6.45) is 10.9. The van der Waals surface area contributed by atoms with Gasteiger partial charge in [-0.3, -0.25) is 0 Å². The fourth-order valence-electron chi connectivity index (χ4n) is 3.19. The molecule has 0 bridgehead atoms. The fraction of sp³-hybridized carbons (Fsp3) is 0.136. The summed E-state index contributed by atoms with van der Waals surface area (Å²) in [7, 11) is 0. The van der Waals surface area contributed by atoms with Gasteiger partial charge in [-0.05, 0) is 29.5 Å². The smallest absolute Gasteiger partial charge is 0.328 e. The molecule has 1 atom stereocenters. The van der Waals surface area contributed by atoms with Gasteiger partial charge < -0.3 is 5.11 Å². The molecule has 2 aromatic carbocycles. The molecule has 0 radical (unpaired) electrons. The van der Waals surface area contributed by atoms with Crippen molar-refractivity contribution < 1.29 is 9.90 Å². The molecule has 1 N–H and O–H groups in total. The van der Waals surface area contributed by atoms with Gasteiger partial charge in [0, 0.05) is 11.5 Å². The first-order chi connectivity index (χ1) is 11.7. The molecule has 0 aliphatic heterocycles. The Morgan fingerprint density at radius 2 is 1.71 bits per heavy atom. The molecule has 24 heavy (non-hydrogen) atoms. The fourth-order valence-corrected chi connectivity index (χ4v) is 3.19. The molecule has 2 nitrogen and oxygen atoms in total. The van der Waals surface area contributed by atoms with Crippen molar-refractivity contribution in [3.63, 3.8) is 0 Å². The minimum Gasteiger partial charge on any atom is -0.478 e. The summed E-state index contributed by atoms with van der Waals surface area (Å²) in [6.45, 7) is 0. The van der Waals surface area contributed by atoms with Crippen LogP contribution >= 0.6 is 0 Å². The van der Waals surface area contributed by atoms with E-state index in [0.717, 1.165) is 12.8 Å². The van der Waals surface area contributed by atoms with E-state index in [1.54, 1.807) is 0 Å². The quantitative estimate of drug-likeness (QED) is 0.797. The molecule has 0 heterocycles. The van der Waals surface area contributed by atoms with Crippen molar-refractivity contribution in [1.29, 1.82) is 0 Å². The second-order valence-corrected chi connectivity index (χ2v) is 6.16. The third-order valence-electron chi connectivity index (χ3n) is 4.32. The molecular weight excluding hydrogens is 296 g/mol. The van der Waals surface area contributed by atoms with Gasteiger partial charge in [0.05, 0.1) is 0 Å². The van der Waals surface area contributed by atoms with Crippen molar-refractivity contribution >= 4 is 11.5 Å². The highest BCUT2D eigenvalue weighted by atomic mass is 16.4.